The third-order valence-electron chi connectivity index (χ3n) is 3.32. The van der Waals surface area contributed by atoms with Crippen molar-refractivity contribution in [2.45, 2.75) is 13.0 Å². The zero-order valence-corrected chi connectivity index (χ0v) is 11.7. The van der Waals surface area contributed by atoms with Gasteiger partial charge in [-0.15, -0.1) is 11.3 Å². The standard InChI is InChI=1S/C15H15N3S/c1-10-15(19-9-18-10)14(16-2)12-5-3-7-13-11(12)6-4-8-17-13/h3-9,14,16H,1-2H3. The highest BCUT2D eigenvalue weighted by Crippen LogP contribution is 2.31. The first-order chi connectivity index (χ1) is 9.31. The first kappa shape index (κ1) is 12.3. The minimum atomic E-state index is 0.167. The Morgan fingerprint density at radius 3 is 2.79 bits per heavy atom. The fourth-order valence-corrected chi connectivity index (χ4v) is 3.32. The summed E-state index contributed by atoms with van der Waals surface area (Å²) < 4.78 is 0. The summed E-state index contributed by atoms with van der Waals surface area (Å²) in [6.45, 7) is 2.06. The number of fused-ring (bicyclic) bond motifs is 1. The van der Waals surface area contributed by atoms with Crippen LogP contribution in [0, 0.1) is 6.92 Å². The van der Waals surface area contributed by atoms with Gasteiger partial charge in [0.15, 0.2) is 0 Å². The van der Waals surface area contributed by atoms with Crippen molar-refractivity contribution in [1.29, 1.82) is 0 Å². The van der Waals surface area contributed by atoms with E-state index in [1.807, 2.05) is 30.9 Å². The molecule has 0 aliphatic heterocycles. The molecule has 0 radical (unpaired) electrons. The lowest BCUT2D eigenvalue weighted by molar-refractivity contribution is 0.702. The summed E-state index contributed by atoms with van der Waals surface area (Å²) in [7, 11) is 1.99. The van der Waals surface area contributed by atoms with Crippen molar-refractivity contribution < 1.29 is 0 Å². The van der Waals surface area contributed by atoms with Crippen molar-refractivity contribution >= 4 is 22.2 Å². The molecular formula is C15H15N3S. The summed E-state index contributed by atoms with van der Waals surface area (Å²) in [5.74, 6) is 0. The number of aromatic nitrogens is 2. The fraction of sp³-hybridized carbons (Fsp3) is 0.200. The van der Waals surface area contributed by atoms with Gasteiger partial charge >= 0.3 is 0 Å². The second kappa shape index (κ2) is 5.07. The minimum Gasteiger partial charge on any atom is -0.309 e. The first-order valence-corrected chi connectivity index (χ1v) is 7.10. The van der Waals surface area contributed by atoms with Gasteiger partial charge in [0.05, 0.1) is 22.8 Å². The summed E-state index contributed by atoms with van der Waals surface area (Å²) in [6.07, 6.45) is 1.83. The monoisotopic (exact) mass is 269 g/mol. The Kier molecular flexibility index (Phi) is 3.27. The molecule has 3 nitrogen and oxygen atoms in total. The minimum absolute atomic E-state index is 0.167. The van der Waals surface area contributed by atoms with E-state index < -0.39 is 0 Å². The van der Waals surface area contributed by atoms with Gasteiger partial charge in [0.1, 0.15) is 0 Å². The molecule has 0 amide bonds. The van der Waals surface area contributed by atoms with Crippen molar-refractivity contribution in [1.82, 2.24) is 15.3 Å². The van der Waals surface area contributed by atoms with Gasteiger partial charge in [0.2, 0.25) is 0 Å². The zero-order valence-electron chi connectivity index (χ0n) is 10.9. The molecule has 0 saturated heterocycles. The van der Waals surface area contributed by atoms with Crippen LogP contribution in [0.4, 0.5) is 0 Å². The number of hydrogen-bond acceptors (Lipinski definition) is 4. The van der Waals surface area contributed by atoms with Gasteiger partial charge in [-0.3, -0.25) is 4.98 Å². The van der Waals surface area contributed by atoms with Gasteiger partial charge in [-0.25, -0.2) is 4.98 Å². The molecule has 96 valence electrons. The van der Waals surface area contributed by atoms with E-state index >= 15 is 0 Å². The maximum absolute atomic E-state index is 4.42. The average Bonchev–Trinajstić information content (AvgIpc) is 2.86. The molecule has 0 bridgehead atoms. The molecule has 1 N–H and O–H groups in total. The largest absolute Gasteiger partial charge is 0.309 e. The molecule has 1 unspecified atom stereocenters. The van der Waals surface area contributed by atoms with E-state index in [1.54, 1.807) is 11.3 Å². The lowest BCUT2D eigenvalue weighted by Crippen LogP contribution is -2.17. The summed E-state index contributed by atoms with van der Waals surface area (Å²) in [4.78, 5) is 10.0. The van der Waals surface area contributed by atoms with Crippen LogP contribution in [0.2, 0.25) is 0 Å². The number of rotatable bonds is 3. The van der Waals surface area contributed by atoms with E-state index in [-0.39, 0.29) is 6.04 Å². The van der Waals surface area contributed by atoms with E-state index in [0.717, 1.165) is 11.2 Å². The van der Waals surface area contributed by atoms with Crippen LogP contribution in [-0.4, -0.2) is 17.0 Å². The Morgan fingerprint density at radius 1 is 1.16 bits per heavy atom. The molecule has 0 fully saturated rings. The highest BCUT2D eigenvalue weighted by Gasteiger charge is 2.18. The van der Waals surface area contributed by atoms with Crippen LogP contribution in [0.25, 0.3) is 10.9 Å². The summed E-state index contributed by atoms with van der Waals surface area (Å²) in [5, 5.41) is 4.59. The third kappa shape index (κ3) is 2.13. The van der Waals surface area contributed by atoms with Crippen molar-refractivity contribution in [3.8, 4) is 0 Å². The Balaban J connectivity index is 2.20. The normalized spacial score (nSPS) is 12.7. The number of pyridine rings is 1. The zero-order chi connectivity index (χ0) is 13.2. The van der Waals surface area contributed by atoms with Crippen molar-refractivity contribution in [3.63, 3.8) is 0 Å². The molecular weight excluding hydrogens is 254 g/mol. The van der Waals surface area contributed by atoms with Crippen molar-refractivity contribution in [3.05, 3.63) is 58.2 Å². The average molecular weight is 269 g/mol. The maximum atomic E-state index is 4.42. The molecule has 2 aromatic heterocycles. The van der Waals surface area contributed by atoms with Gasteiger partial charge in [-0.2, -0.15) is 0 Å². The van der Waals surface area contributed by atoms with E-state index in [2.05, 4.69) is 40.4 Å². The summed E-state index contributed by atoms with van der Waals surface area (Å²) in [6, 6.07) is 10.5. The van der Waals surface area contributed by atoms with Crippen LogP contribution < -0.4 is 5.32 Å². The van der Waals surface area contributed by atoms with Crippen LogP contribution in [0.1, 0.15) is 22.2 Å². The van der Waals surface area contributed by atoms with E-state index in [0.29, 0.717) is 0 Å². The van der Waals surface area contributed by atoms with Gasteiger partial charge in [0, 0.05) is 16.5 Å². The molecule has 2 heterocycles. The number of nitrogens with one attached hydrogen (secondary N) is 1. The SMILES string of the molecule is CNC(c1scnc1C)c1cccc2ncccc12. The van der Waals surface area contributed by atoms with Crippen LogP contribution in [0.3, 0.4) is 0 Å². The molecule has 1 aromatic carbocycles. The lowest BCUT2D eigenvalue weighted by Gasteiger charge is -2.17. The van der Waals surface area contributed by atoms with Crippen LogP contribution >= 0.6 is 11.3 Å². The number of thiazole rings is 1. The van der Waals surface area contributed by atoms with E-state index in [4.69, 9.17) is 0 Å². The summed E-state index contributed by atoms with van der Waals surface area (Å²) in [5.41, 5.74) is 5.27. The number of nitrogens with zero attached hydrogens (tertiary/aromatic N) is 2. The van der Waals surface area contributed by atoms with Crippen molar-refractivity contribution in [2.24, 2.45) is 0 Å². The number of aryl methyl sites for hydroxylation is 1. The smallest absolute Gasteiger partial charge is 0.0798 e. The Labute approximate surface area is 116 Å². The lowest BCUT2D eigenvalue weighted by atomic mass is 9.99. The summed E-state index contributed by atoms with van der Waals surface area (Å²) >= 11 is 1.69. The van der Waals surface area contributed by atoms with E-state index in [9.17, 15) is 0 Å². The second-order valence-corrected chi connectivity index (χ2v) is 5.33. The molecule has 0 aliphatic rings. The Bertz CT molecular complexity index is 700. The first-order valence-electron chi connectivity index (χ1n) is 6.22. The molecule has 4 heteroatoms. The van der Waals surface area contributed by atoms with Gasteiger partial charge in [-0.05, 0) is 31.7 Å². The second-order valence-electron chi connectivity index (χ2n) is 4.44. The van der Waals surface area contributed by atoms with Gasteiger partial charge in [0.25, 0.3) is 0 Å². The predicted molar refractivity (Wildman–Crippen MR) is 79.5 cm³/mol. The topological polar surface area (TPSA) is 37.8 Å². The molecule has 3 aromatic rings. The molecule has 19 heavy (non-hydrogen) atoms. The highest BCUT2D eigenvalue weighted by atomic mass is 32.1. The molecule has 3 rings (SSSR count). The van der Waals surface area contributed by atoms with E-state index in [1.165, 1.54) is 15.8 Å². The third-order valence-corrected chi connectivity index (χ3v) is 4.32. The van der Waals surface area contributed by atoms with Crippen LogP contribution in [0.5, 0.6) is 0 Å². The maximum Gasteiger partial charge on any atom is 0.0798 e. The quantitative estimate of drug-likeness (QED) is 0.792. The molecule has 0 aliphatic carbocycles. The van der Waals surface area contributed by atoms with Gasteiger partial charge < -0.3 is 5.32 Å². The molecule has 1 atom stereocenters. The van der Waals surface area contributed by atoms with Gasteiger partial charge in [-0.1, -0.05) is 18.2 Å². The molecule has 0 saturated carbocycles. The fourth-order valence-electron chi connectivity index (χ4n) is 2.39. The predicted octanol–water partition coefficient (Wildman–Crippen LogP) is 3.31. The highest BCUT2D eigenvalue weighted by molar-refractivity contribution is 7.09. The van der Waals surface area contributed by atoms with Crippen LogP contribution in [0.15, 0.2) is 42.0 Å². The Hall–Kier alpha value is -1.78. The number of hydrogen-bond donors (Lipinski definition) is 1. The molecule has 0 spiro atoms. The number of benzene rings is 1. The Morgan fingerprint density at radius 2 is 2.05 bits per heavy atom. The van der Waals surface area contributed by atoms with Crippen molar-refractivity contribution in [2.75, 3.05) is 7.05 Å². The van der Waals surface area contributed by atoms with Crippen LogP contribution in [-0.2, 0) is 0 Å².